The molecule has 0 N–H and O–H groups in total. The second kappa shape index (κ2) is 2.88. The van der Waals surface area contributed by atoms with Gasteiger partial charge in [0.15, 0.2) is 0 Å². The Morgan fingerprint density at radius 3 is 3.00 bits per heavy atom. The van der Waals surface area contributed by atoms with Crippen LogP contribution in [-0.2, 0) is 4.74 Å². The van der Waals surface area contributed by atoms with E-state index in [1.54, 1.807) is 0 Å². The summed E-state index contributed by atoms with van der Waals surface area (Å²) in [5.74, 6) is 0. The summed E-state index contributed by atoms with van der Waals surface area (Å²) in [6, 6.07) is 0. The molecule has 0 aromatic heterocycles. The third-order valence-corrected chi connectivity index (χ3v) is 1.29. The summed E-state index contributed by atoms with van der Waals surface area (Å²) in [6.45, 7) is 3.05. The summed E-state index contributed by atoms with van der Waals surface area (Å²) >= 11 is 0. The van der Waals surface area contributed by atoms with Gasteiger partial charge in [-0.05, 0) is 19.8 Å². The van der Waals surface area contributed by atoms with E-state index in [1.165, 1.54) is 12.8 Å². The molecule has 0 aromatic carbocycles. The Morgan fingerprint density at radius 2 is 2.50 bits per heavy atom. The summed E-state index contributed by atoms with van der Waals surface area (Å²) in [7, 11) is 0. The molecular formula is C7H12O. The highest BCUT2D eigenvalue weighted by molar-refractivity contribution is 4.80. The molecule has 0 aromatic rings. The number of hydrogen-bond acceptors (Lipinski definition) is 1. The highest BCUT2D eigenvalue weighted by Crippen LogP contribution is 2.15. The summed E-state index contributed by atoms with van der Waals surface area (Å²) in [6.07, 6.45) is 7.27. The van der Waals surface area contributed by atoms with E-state index in [1.807, 2.05) is 6.92 Å². The van der Waals surface area contributed by atoms with Gasteiger partial charge in [-0.1, -0.05) is 12.2 Å². The van der Waals surface area contributed by atoms with Crippen LogP contribution >= 0.6 is 0 Å². The molecule has 0 bridgehead atoms. The van der Waals surface area contributed by atoms with Crippen molar-refractivity contribution in [1.82, 2.24) is 0 Å². The van der Waals surface area contributed by atoms with E-state index >= 15 is 0 Å². The van der Waals surface area contributed by atoms with E-state index in [2.05, 4.69) is 12.2 Å². The maximum absolute atomic E-state index is 5.02. The van der Waals surface area contributed by atoms with Crippen molar-refractivity contribution in [3.05, 3.63) is 12.2 Å². The minimum atomic E-state index is 0.603. The minimum absolute atomic E-state index is 0.603. The smallest absolute Gasteiger partial charge is 0.0812 e. The highest BCUT2D eigenvalue weighted by Gasteiger charge is 2.20. The van der Waals surface area contributed by atoms with Crippen molar-refractivity contribution in [2.75, 3.05) is 6.61 Å². The number of hydrogen-bond donors (Lipinski definition) is 0. The predicted octanol–water partition coefficient (Wildman–Crippen LogP) is 1.74. The van der Waals surface area contributed by atoms with Crippen LogP contribution in [0.1, 0.15) is 19.8 Å². The van der Waals surface area contributed by atoms with Crippen molar-refractivity contribution >= 4 is 0 Å². The fourth-order valence-corrected chi connectivity index (χ4v) is 0.683. The van der Waals surface area contributed by atoms with Gasteiger partial charge >= 0.3 is 0 Å². The lowest BCUT2D eigenvalue weighted by Crippen LogP contribution is -1.80. The predicted molar refractivity (Wildman–Crippen MR) is 33.8 cm³/mol. The quantitative estimate of drug-likeness (QED) is 0.400. The molecular weight excluding hydrogens is 100 g/mol. The van der Waals surface area contributed by atoms with Gasteiger partial charge in [0, 0.05) is 0 Å². The molecule has 1 fully saturated rings. The van der Waals surface area contributed by atoms with Crippen LogP contribution in [0.3, 0.4) is 0 Å². The monoisotopic (exact) mass is 112 g/mol. The Morgan fingerprint density at radius 1 is 1.75 bits per heavy atom. The average Bonchev–Trinajstić information content (AvgIpc) is 2.51. The van der Waals surface area contributed by atoms with Crippen molar-refractivity contribution in [2.24, 2.45) is 0 Å². The van der Waals surface area contributed by atoms with Crippen LogP contribution in [0.15, 0.2) is 12.2 Å². The van der Waals surface area contributed by atoms with E-state index in [-0.39, 0.29) is 0 Å². The Hall–Kier alpha value is -0.300. The molecule has 0 saturated carbocycles. The number of allylic oxidation sites excluding steroid dienone is 2. The van der Waals surface area contributed by atoms with Gasteiger partial charge in [-0.2, -0.15) is 0 Å². The average molecular weight is 112 g/mol. The maximum atomic E-state index is 5.02. The first-order valence-electron chi connectivity index (χ1n) is 3.16. The molecule has 1 heterocycles. The topological polar surface area (TPSA) is 12.5 Å². The summed E-state index contributed by atoms with van der Waals surface area (Å²) < 4.78 is 5.02. The van der Waals surface area contributed by atoms with Crippen molar-refractivity contribution < 1.29 is 4.74 Å². The lowest BCUT2D eigenvalue weighted by molar-refractivity contribution is 0.398. The molecule has 1 aliphatic rings. The zero-order chi connectivity index (χ0) is 5.82. The van der Waals surface area contributed by atoms with Gasteiger partial charge in [0.25, 0.3) is 0 Å². The van der Waals surface area contributed by atoms with Gasteiger partial charge in [-0.25, -0.2) is 0 Å². The normalized spacial score (nSPS) is 26.9. The third kappa shape index (κ3) is 2.12. The zero-order valence-electron chi connectivity index (χ0n) is 5.26. The maximum Gasteiger partial charge on any atom is 0.0812 e. The molecule has 0 unspecified atom stereocenters. The molecule has 46 valence electrons. The SMILES string of the molecule is CC=CCC[C@H]1CO1. The Balaban J connectivity index is 1.88. The minimum Gasteiger partial charge on any atom is -0.373 e. The van der Waals surface area contributed by atoms with Gasteiger partial charge in [0.05, 0.1) is 12.7 Å². The van der Waals surface area contributed by atoms with E-state index in [9.17, 15) is 0 Å². The summed E-state index contributed by atoms with van der Waals surface area (Å²) in [4.78, 5) is 0. The van der Waals surface area contributed by atoms with Gasteiger partial charge in [0.2, 0.25) is 0 Å². The molecule has 0 amide bonds. The third-order valence-electron chi connectivity index (χ3n) is 1.29. The Bertz CT molecular complexity index is 82.4. The van der Waals surface area contributed by atoms with E-state index in [0.29, 0.717) is 6.10 Å². The number of ether oxygens (including phenoxy) is 1. The van der Waals surface area contributed by atoms with Crippen LogP contribution in [0.25, 0.3) is 0 Å². The second-order valence-electron chi connectivity index (χ2n) is 2.10. The standard InChI is InChI=1S/C7H12O/c1-2-3-4-5-7-6-8-7/h2-3,7H,4-6H2,1H3/t7-/m0/s1. The molecule has 1 rings (SSSR count). The molecule has 8 heavy (non-hydrogen) atoms. The molecule has 1 nitrogen and oxygen atoms in total. The number of rotatable bonds is 3. The fourth-order valence-electron chi connectivity index (χ4n) is 0.683. The van der Waals surface area contributed by atoms with Gasteiger partial charge in [-0.3, -0.25) is 0 Å². The van der Waals surface area contributed by atoms with Crippen LogP contribution in [0, 0.1) is 0 Å². The van der Waals surface area contributed by atoms with Crippen molar-refractivity contribution in [1.29, 1.82) is 0 Å². The largest absolute Gasteiger partial charge is 0.373 e. The second-order valence-corrected chi connectivity index (χ2v) is 2.10. The summed E-state index contributed by atoms with van der Waals surface area (Å²) in [5, 5.41) is 0. The van der Waals surface area contributed by atoms with E-state index in [4.69, 9.17) is 4.74 Å². The molecule has 1 saturated heterocycles. The lowest BCUT2D eigenvalue weighted by atomic mass is 10.2. The Kier molecular flexibility index (Phi) is 2.10. The molecule has 1 heteroatoms. The lowest BCUT2D eigenvalue weighted by Gasteiger charge is -1.84. The van der Waals surface area contributed by atoms with Crippen LogP contribution < -0.4 is 0 Å². The Labute approximate surface area is 50.3 Å². The van der Waals surface area contributed by atoms with Gasteiger partial charge in [0.1, 0.15) is 0 Å². The van der Waals surface area contributed by atoms with Gasteiger partial charge in [-0.15, -0.1) is 0 Å². The van der Waals surface area contributed by atoms with Crippen LogP contribution in [-0.4, -0.2) is 12.7 Å². The first-order chi connectivity index (χ1) is 3.93. The molecule has 1 atom stereocenters. The molecule has 0 aliphatic carbocycles. The van der Waals surface area contributed by atoms with E-state index < -0.39 is 0 Å². The van der Waals surface area contributed by atoms with Crippen molar-refractivity contribution in [3.63, 3.8) is 0 Å². The summed E-state index contributed by atoms with van der Waals surface area (Å²) in [5.41, 5.74) is 0. The molecule has 0 spiro atoms. The van der Waals surface area contributed by atoms with Crippen LogP contribution in [0.4, 0.5) is 0 Å². The number of epoxide rings is 1. The van der Waals surface area contributed by atoms with Gasteiger partial charge < -0.3 is 4.74 Å². The highest BCUT2D eigenvalue weighted by atomic mass is 16.6. The fraction of sp³-hybridized carbons (Fsp3) is 0.714. The first kappa shape index (κ1) is 5.83. The zero-order valence-corrected chi connectivity index (χ0v) is 5.26. The van der Waals surface area contributed by atoms with Crippen molar-refractivity contribution in [2.45, 2.75) is 25.9 Å². The molecule has 0 radical (unpaired) electrons. The van der Waals surface area contributed by atoms with Crippen LogP contribution in [0.5, 0.6) is 0 Å². The first-order valence-corrected chi connectivity index (χ1v) is 3.16. The van der Waals surface area contributed by atoms with Crippen LogP contribution in [0.2, 0.25) is 0 Å². The molecule has 1 aliphatic heterocycles. The van der Waals surface area contributed by atoms with Crippen molar-refractivity contribution in [3.8, 4) is 0 Å². The van der Waals surface area contributed by atoms with E-state index in [0.717, 1.165) is 6.61 Å².